The molecule has 184 valence electrons. The lowest BCUT2D eigenvalue weighted by Crippen LogP contribution is -2.45. The number of carbonyl (C=O) groups excluding carboxylic acids is 1. The minimum Gasteiger partial charge on any atom is -0.436 e. The molecular formula is C24H28N6O4S. The van der Waals surface area contributed by atoms with Crippen LogP contribution in [-0.4, -0.2) is 62.1 Å². The first-order valence-corrected chi connectivity index (χ1v) is 12.8. The summed E-state index contributed by atoms with van der Waals surface area (Å²) in [5, 5.41) is 18.6. The second kappa shape index (κ2) is 8.65. The molecule has 1 aliphatic heterocycles. The van der Waals surface area contributed by atoms with Gasteiger partial charge in [-0.1, -0.05) is 0 Å². The van der Waals surface area contributed by atoms with Crippen LogP contribution in [0.15, 0.2) is 12.3 Å². The Balaban J connectivity index is 1.37. The standard InChI is InChI=1S/C24H28N6O4S/c1-10-17(22-29-18-11(2)25-7-6-16(18)35-22)21(30-24(27-10)26-9-13-4-5-13)28-15-8-14-20(19(15)31)33-12(3)34-23(14)32/h6-7,12-15,19-20,31H,4-5,8-9H2,1-3H3,(H2,26,27,28,30). The zero-order chi connectivity index (χ0) is 24.3. The first kappa shape index (κ1) is 22.6. The largest absolute Gasteiger partial charge is 0.436 e. The second-order valence-corrected chi connectivity index (χ2v) is 10.7. The van der Waals surface area contributed by atoms with Crippen molar-refractivity contribution in [1.29, 1.82) is 0 Å². The first-order chi connectivity index (χ1) is 16.9. The Labute approximate surface area is 206 Å². The van der Waals surface area contributed by atoms with E-state index in [2.05, 4.69) is 15.6 Å². The van der Waals surface area contributed by atoms with Gasteiger partial charge in [-0.15, -0.1) is 11.3 Å². The van der Waals surface area contributed by atoms with Crippen molar-refractivity contribution >= 4 is 39.3 Å². The third-order valence-electron chi connectivity index (χ3n) is 6.95. The van der Waals surface area contributed by atoms with E-state index >= 15 is 0 Å². The van der Waals surface area contributed by atoms with E-state index in [1.54, 1.807) is 24.5 Å². The number of aromatic nitrogens is 4. The number of pyridine rings is 1. The quantitative estimate of drug-likeness (QED) is 0.438. The van der Waals surface area contributed by atoms with Crippen molar-refractivity contribution in [3.8, 4) is 10.6 Å². The van der Waals surface area contributed by atoms with Crippen LogP contribution in [0.25, 0.3) is 20.8 Å². The molecule has 3 aromatic rings. The number of carbonyl (C=O) groups is 1. The van der Waals surface area contributed by atoms with E-state index in [0.29, 0.717) is 24.1 Å². The molecule has 5 unspecified atom stereocenters. The third-order valence-corrected chi connectivity index (χ3v) is 7.99. The van der Waals surface area contributed by atoms with Crippen LogP contribution in [-0.2, 0) is 14.3 Å². The predicted molar refractivity (Wildman–Crippen MR) is 131 cm³/mol. The molecule has 1 saturated heterocycles. The molecule has 10 nitrogen and oxygen atoms in total. The molecule has 6 rings (SSSR count). The molecule has 3 aromatic heterocycles. The number of ether oxygens (including phenoxy) is 2. The number of aliphatic hydroxyl groups is 1. The topological polar surface area (TPSA) is 131 Å². The molecule has 4 heterocycles. The summed E-state index contributed by atoms with van der Waals surface area (Å²) in [5.41, 5.74) is 3.27. The van der Waals surface area contributed by atoms with Gasteiger partial charge in [0.25, 0.3) is 0 Å². The summed E-state index contributed by atoms with van der Waals surface area (Å²) >= 11 is 1.55. The third kappa shape index (κ3) is 4.21. The number of hydrogen-bond acceptors (Lipinski definition) is 11. The van der Waals surface area contributed by atoms with Crippen LogP contribution < -0.4 is 10.6 Å². The Kier molecular flexibility index (Phi) is 5.58. The molecule has 0 aromatic carbocycles. The SMILES string of the molecule is Cc1nc(NCC2CC2)nc(NC2CC3C(=O)OC(C)OC3C2O)c1-c1nc2c(C)nccc2s1. The number of aliphatic hydroxyl groups excluding tert-OH is 1. The number of anilines is 2. The van der Waals surface area contributed by atoms with E-state index < -0.39 is 30.5 Å². The average Bonchev–Trinajstić information content (AvgIpc) is 3.46. The van der Waals surface area contributed by atoms with Crippen LogP contribution in [0.1, 0.15) is 37.6 Å². The van der Waals surface area contributed by atoms with Crippen LogP contribution >= 0.6 is 11.3 Å². The monoisotopic (exact) mass is 496 g/mol. The van der Waals surface area contributed by atoms with Gasteiger partial charge in [0.1, 0.15) is 28.6 Å². The average molecular weight is 497 g/mol. The van der Waals surface area contributed by atoms with Crippen molar-refractivity contribution in [1.82, 2.24) is 19.9 Å². The Hall–Kier alpha value is -2.89. The molecule has 3 fully saturated rings. The molecule has 0 spiro atoms. The van der Waals surface area contributed by atoms with Crippen LogP contribution in [0.5, 0.6) is 0 Å². The maximum Gasteiger partial charge on any atom is 0.314 e. The van der Waals surface area contributed by atoms with E-state index in [-0.39, 0.29) is 5.97 Å². The van der Waals surface area contributed by atoms with Gasteiger partial charge >= 0.3 is 5.97 Å². The van der Waals surface area contributed by atoms with E-state index in [1.165, 1.54) is 12.8 Å². The van der Waals surface area contributed by atoms with Gasteiger partial charge in [-0.05, 0) is 52.0 Å². The number of rotatable bonds is 6. The number of fused-ring (bicyclic) bond motifs is 2. The minimum atomic E-state index is -0.886. The highest BCUT2D eigenvalue weighted by Gasteiger charge is 2.51. The van der Waals surface area contributed by atoms with Crippen molar-refractivity contribution in [3.05, 3.63) is 23.7 Å². The summed E-state index contributed by atoms with van der Waals surface area (Å²) in [5.74, 6) is 0.920. The van der Waals surface area contributed by atoms with Crippen molar-refractivity contribution in [2.75, 3.05) is 17.2 Å². The Morgan fingerprint density at radius 2 is 2.03 bits per heavy atom. The van der Waals surface area contributed by atoms with Crippen LogP contribution in [0.2, 0.25) is 0 Å². The van der Waals surface area contributed by atoms with Crippen molar-refractivity contribution in [2.45, 2.75) is 64.6 Å². The highest BCUT2D eigenvalue weighted by Crippen LogP contribution is 2.40. The molecule has 3 aliphatic rings. The van der Waals surface area contributed by atoms with Gasteiger partial charge in [0.15, 0.2) is 0 Å². The number of hydrogen-bond donors (Lipinski definition) is 3. The molecule has 0 radical (unpaired) electrons. The second-order valence-electron chi connectivity index (χ2n) is 9.63. The maximum atomic E-state index is 12.4. The van der Waals surface area contributed by atoms with E-state index in [9.17, 15) is 9.90 Å². The van der Waals surface area contributed by atoms with Crippen molar-refractivity contribution in [2.24, 2.45) is 11.8 Å². The predicted octanol–water partition coefficient (Wildman–Crippen LogP) is 3.04. The lowest BCUT2D eigenvalue weighted by molar-refractivity contribution is -0.230. The highest BCUT2D eigenvalue weighted by molar-refractivity contribution is 7.21. The molecule has 0 amide bonds. The molecule has 11 heteroatoms. The van der Waals surface area contributed by atoms with Crippen molar-refractivity contribution in [3.63, 3.8) is 0 Å². The summed E-state index contributed by atoms with van der Waals surface area (Å²) < 4.78 is 12.0. The molecule has 35 heavy (non-hydrogen) atoms. The van der Waals surface area contributed by atoms with Gasteiger partial charge in [-0.3, -0.25) is 9.78 Å². The lowest BCUT2D eigenvalue weighted by Gasteiger charge is -2.31. The van der Waals surface area contributed by atoms with Gasteiger partial charge in [0.05, 0.1) is 33.6 Å². The van der Waals surface area contributed by atoms with E-state index in [0.717, 1.165) is 38.7 Å². The summed E-state index contributed by atoms with van der Waals surface area (Å²) in [6.07, 6.45) is 2.44. The number of cyclic esters (lactones) is 1. The molecule has 0 bridgehead atoms. The van der Waals surface area contributed by atoms with E-state index in [4.69, 9.17) is 24.4 Å². The van der Waals surface area contributed by atoms with E-state index in [1.807, 2.05) is 19.9 Å². The van der Waals surface area contributed by atoms with Gasteiger partial charge in [-0.2, -0.15) is 4.98 Å². The molecule has 3 N–H and O–H groups in total. The fraction of sp³-hybridized carbons (Fsp3) is 0.542. The smallest absolute Gasteiger partial charge is 0.314 e. The van der Waals surface area contributed by atoms with Gasteiger partial charge < -0.3 is 25.2 Å². The zero-order valence-electron chi connectivity index (χ0n) is 19.8. The van der Waals surface area contributed by atoms with Crippen molar-refractivity contribution < 1.29 is 19.4 Å². The number of nitrogens with one attached hydrogen (secondary N) is 2. The van der Waals surface area contributed by atoms with Gasteiger partial charge in [-0.25, -0.2) is 9.97 Å². The summed E-state index contributed by atoms with van der Waals surface area (Å²) in [7, 11) is 0. The lowest BCUT2D eigenvalue weighted by atomic mass is 10.1. The Morgan fingerprint density at radius 3 is 2.80 bits per heavy atom. The summed E-state index contributed by atoms with van der Waals surface area (Å²) in [6.45, 7) is 6.37. The molecule has 5 atom stereocenters. The highest BCUT2D eigenvalue weighted by atomic mass is 32.1. The number of aryl methyl sites for hydroxylation is 2. The maximum absolute atomic E-state index is 12.4. The Morgan fingerprint density at radius 1 is 1.20 bits per heavy atom. The number of esters is 1. The molecule has 2 aliphatic carbocycles. The fourth-order valence-electron chi connectivity index (χ4n) is 4.90. The summed E-state index contributed by atoms with van der Waals surface area (Å²) in [4.78, 5) is 31.2. The zero-order valence-corrected chi connectivity index (χ0v) is 20.6. The Bertz CT molecular complexity index is 1290. The normalized spacial score (nSPS) is 28.1. The molecule has 2 saturated carbocycles. The first-order valence-electron chi connectivity index (χ1n) is 12.0. The fourth-order valence-corrected chi connectivity index (χ4v) is 6.01. The number of thiazole rings is 1. The summed E-state index contributed by atoms with van der Waals surface area (Å²) in [6, 6.07) is 1.51. The molecular weight excluding hydrogens is 468 g/mol. The van der Waals surface area contributed by atoms with Gasteiger partial charge in [0, 0.05) is 12.7 Å². The van der Waals surface area contributed by atoms with Crippen LogP contribution in [0.4, 0.5) is 11.8 Å². The van der Waals surface area contributed by atoms with Crippen LogP contribution in [0.3, 0.4) is 0 Å². The van der Waals surface area contributed by atoms with Gasteiger partial charge in [0.2, 0.25) is 12.2 Å². The van der Waals surface area contributed by atoms with Crippen LogP contribution in [0, 0.1) is 25.7 Å². The number of nitrogens with zero attached hydrogens (tertiary/aromatic N) is 4. The minimum absolute atomic E-state index is 0.336.